The topological polar surface area (TPSA) is 77.3 Å². The van der Waals surface area contributed by atoms with Gasteiger partial charge in [0.1, 0.15) is 30.1 Å². The van der Waals surface area contributed by atoms with Gasteiger partial charge in [0.15, 0.2) is 11.2 Å². The first-order valence-electron chi connectivity index (χ1n) is 13.9. The summed E-state index contributed by atoms with van der Waals surface area (Å²) in [6.45, 7) is 6.47. The zero-order chi connectivity index (χ0) is 26.4. The summed E-state index contributed by atoms with van der Waals surface area (Å²) in [4.78, 5) is 16.6. The van der Waals surface area contributed by atoms with E-state index in [1.807, 2.05) is 36.4 Å². The number of imidazole rings is 1. The second kappa shape index (κ2) is 10.1. The molecule has 0 amide bonds. The van der Waals surface area contributed by atoms with Crippen LogP contribution < -0.4 is 14.8 Å². The Labute approximate surface area is 233 Å². The highest BCUT2D eigenvalue weighted by atomic mass is 35.5. The van der Waals surface area contributed by atoms with Crippen molar-refractivity contribution in [2.45, 2.75) is 56.8 Å². The Balaban J connectivity index is 1.17. The molecule has 4 fully saturated rings. The van der Waals surface area contributed by atoms with Crippen molar-refractivity contribution in [3.8, 4) is 23.0 Å². The van der Waals surface area contributed by atoms with Gasteiger partial charge in [0.05, 0.1) is 11.6 Å². The van der Waals surface area contributed by atoms with E-state index >= 15 is 0 Å². The Morgan fingerprint density at radius 3 is 2.69 bits per heavy atom. The van der Waals surface area contributed by atoms with Gasteiger partial charge in [-0.15, -0.1) is 0 Å². The molecule has 1 saturated carbocycles. The smallest absolute Gasteiger partial charge is 0.245 e. The molecular formula is C30H33ClN6O2. The van der Waals surface area contributed by atoms with Crippen LogP contribution in [0.1, 0.15) is 38.2 Å². The molecule has 4 aliphatic rings. The van der Waals surface area contributed by atoms with Crippen molar-refractivity contribution in [2.24, 2.45) is 0 Å². The number of fused-ring (bicyclic) bond motifs is 4. The molecule has 5 heterocycles. The number of rotatable bonds is 9. The van der Waals surface area contributed by atoms with Crippen molar-refractivity contribution in [3.63, 3.8) is 0 Å². The largest absolute Gasteiger partial charge is 0.492 e. The van der Waals surface area contributed by atoms with Gasteiger partial charge in [0.25, 0.3) is 0 Å². The Morgan fingerprint density at radius 1 is 1.10 bits per heavy atom. The first kappa shape index (κ1) is 24.8. The van der Waals surface area contributed by atoms with E-state index < -0.39 is 0 Å². The number of nitrogens with one attached hydrogen (secondary N) is 1. The highest BCUT2D eigenvalue weighted by molar-refractivity contribution is 6.33. The zero-order valence-electron chi connectivity index (χ0n) is 22.1. The second-order valence-electron chi connectivity index (χ2n) is 11.2. The number of ether oxygens (including phenoxy) is 2. The molecule has 8 rings (SSSR count). The molecular weight excluding hydrogens is 512 g/mol. The molecule has 2 atom stereocenters. The number of nitrogens with zero attached hydrogens (tertiary/aromatic N) is 5. The molecule has 0 spiro atoms. The fourth-order valence-electron chi connectivity index (χ4n) is 5.75. The van der Waals surface area contributed by atoms with Crippen LogP contribution in [-0.2, 0) is 6.54 Å². The lowest BCUT2D eigenvalue weighted by Gasteiger charge is -2.45. The highest BCUT2D eigenvalue weighted by Crippen LogP contribution is 2.41. The summed E-state index contributed by atoms with van der Waals surface area (Å²) < 4.78 is 14.5. The Kier molecular flexibility index (Phi) is 6.41. The third-order valence-electron chi connectivity index (χ3n) is 8.27. The normalized spacial score (nSPS) is 21.8. The summed E-state index contributed by atoms with van der Waals surface area (Å²) >= 11 is 6.88. The molecule has 2 aromatic carbocycles. The van der Waals surface area contributed by atoms with Crippen LogP contribution >= 0.6 is 11.6 Å². The summed E-state index contributed by atoms with van der Waals surface area (Å²) in [6, 6.07) is 17.4. The Bertz CT molecular complexity index is 1480. The van der Waals surface area contributed by atoms with Gasteiger partial charge in [-0.3, -0.25) is 4.90 Å². The summed E-state index contributed by atoms with van der Waals surface area (Å²) in [5, 5.41) is 4.19. The first-order chi connectivity index (χ1) is 19.0. The minimum Gasteiger partial charge on any atom is -0.492 e. The lowest BCUT2D eigenvalue weighted by atomic mass is 9.93. The van der Waals surface area contributed by atoms with Gasteiger partial charge >= 0.3 is 0 Å². The van der Waals surface area contributed by atoms with Crippen LogP contribution in [0.5, 0.6) is 11.6 Å². The number of hydrogen-bond donors (Lipinski definition) is 1. The van der Waals surface area contributed by atoms with Crippen LogP contribution in [-0.4, -0.2) is 68.3 Å². The number of piperazine rings is 1. The average molecular weight is 545 g/mol. The molecule has 202 valence electrons. The van der Waals surface area contributed by atoms with Gasteiger partial charge in [-0.1, -0.05) is 41.9 Å². The number of halogens is 1. The molecule has 8 nitrogen and oxygen atoms in total. The van der Waals surface area contributed by atoms with E-state index in [4.69, 9.17) is 26.1 Å². The number of hydrogen-bond acceptors (Lipinski definition) is 7. The third kappa shape index (κ3) is 5.09. The van der Waals surface area contributed by atoms with Crippen molar-refractivity contribution in [3.05, 3.63) is 65.4 Å². The van der Waals surface area contributed by atoms with Crippen LogP contribution in [0.3, 0.4) is 0 Å². The maximum atomic E-state index is 6.88. The van der Waals surface area contributed by atoms with E-state index in [0.717, 1.165) is 60.8 Å². The zero-order valence-corrected chi connectivity index (χ0v) is 22.9. The van der Waals surface area contributed by atoms with E-state index in [2.05, 4.69) is 43.8 Å². The molecule has 9 heteroatoms. The van der Waals surface area contributed by atoms with Crippen LogP contribution in [0.2, 0.25) is 5.02 Å². The Hall–Kier alpha value is -3.20. The fourth-order valence-corrected chi connectivity index (χ4v) is 6.00. The molecule has 2 aromatic heterocycles. The van der Waals surface area contributed by atoms with Gasteiger partial charge in [0.2, 0.25) is 5.88 Å². The van der Waals surface area contributed by atoms with Crippen molar-refractivity contribution in [2.75, 3.05) is 26.2 Å². The predicted molar refractivity (Wildman–Crippen MR) is 151 cm³/mol. The quantitative estimate of drug-likeness (QED) is 0.320. The first-order valence-corrected chi connectivity index (χ1v) is 14.3. The standard InChI is InChI=1S/C30H33ClN6O2/c1-30(11-12-30)39-29-26-28(33-19-34-29)37(17-20-5-3-2-4-6-20)27(35-26)24-10-9-23(15-25(24)31)38-14-13-36-18-21-7-8-22(36)16-32-21/h2-6,9-10,15,19,21-22,32H,7-8,11-14,16-18H2,1H3/t21-,22+/m0/s1. The van der Waals surface area contributed by atoms with Crippen molar-refractivity contribution >= 4 is 22.8 Å². The maximum Gasteiger partial charge on any atom is 0.245 e. The molecule has 1 N–H and O–H groups in total. The minimum atomic E-state index is -0.175. The van der Waals surface area contributed by atoms with Crippen LogP contribution in [0.25, 0.3) is 22.6 Å². The maximum absolute atomic E-state index is 6.88. The lowest BCUT2D eigenvalue weighted by Crippen LogP contribution is -2.61. The van der Waals surface area contributed by atoms with Gasteiger partial charge in [-0.2, -0.15) is 4.98 Å². The second-order valence-corrected chi connectivity index (χ2v) is 11.6. The molecule has 3 aliphatic heterocycles. The molecule has 2 bridgehead atoms. The van der Waals surface area contributed by atoms with Crippen LogP contribution in [0.4, 0.5) is 0 Å². The van der Waals surface area contributed by atoms with E-state index in [0.29, 0.717) is 41.7 Å². The Morgan fingerprint density at radius 2 is 1.97 bits per heavy atom. The highest BCUT2D eigenvalue weighted by Gasteiger charge is 2.41. The molecule has 1 aliphatic carbocycles. The van der Waals surface area contributed by atoms with E-state index in [9.17, 15) is 0 Å². The molecule has 4 aromatic rings. The SMILES string of the molecule is CC1(Oc2ncnc3c2nc(-c2ccc(OCCN4C[C@@H]5CC[C@@H]4CN5)cc2Cl)n3Cc2ccccc2)CC1. The van der Waals surface area contributed by atoms with Gasteiger partial charge < -0.3 is 19.4 Å². The van der Waals surface area contributed by atoms with Crippen LogP contribution in [0.15, 0.2) is 54.9 Å². The van der Waals surface area contributed by atoms with Crippen molar-refractivity contribution < 1.29 is 9.47 Å². The summed E-state index contributed by atoms with van der Waals surface area (Å²) in [5.74, 6) is 2.01. The monoisotopic (exact) mass is 544 g/mol. The van der Waals surface area contributed by atoms with Crippen LogP contribution in [0, 0.1) is 0 Å². The minimum absolute atomic E-state index is 0.175. The van der Waals surface area contributed by atoms with Gasteiger partial charge in [0, 0.05) is 37.3 Å². The molecule has 39 heavy (non-hydrogen) atoms. The molecule has 3 saturated heterocycles. The van der Waals surface area contributed by atoms with E-state index in [-0.39, 0.29) is 5.60 Å². The van der Waals surface area contributed by atoms with Crippen molar-refractivity contribution in [1.82, 2.24) is 29.7 Å². The fraction of sp³-hybridized carbons (Fsp3) is 0.433. The van der Waals surface area contributed by atoms with Gasteiger partial charge in [-0.05, 0) is 56.4 Å². The summed E-state index contributed by atoms with van der Waals surface area (Å²) in [5.41, 5.74) is 3.17. The predicted octanol–water partition coefficient (Wildman–Crippen LogP) is 4.94. The molecule has 0 radical (unpaired) electrons. The lowest BCUT2D eigenvalue weighted by molar-refractivity contribution is 0.0626. The third-order valence-corrected chi connectivity index (χ3v) is 8.58. The average Bonchev–Trinajstić information content (AvgIpc) is 3.58. The summed E-state index contributed by atoms with van der Waals surface area (Å²) in [7, 11) is 0. The number of piperidine rings is 2. The van der Waals surface area contributed by atoms with Gasteiger partial charge in [-0.25, -0.2) is 9.97 Å². The number of benzene rings is 2. The van der Waals surface area contributed by atoms with E-state index in [1.54, 1.807) is 6.33 Å². The van der Waals surface area contributed by atoms with E-state index in [1.165, 1.54) is 12.8 Å². The van der Waals surface area contributed by atoms with Crippen molar-refractivity contribution in [1.29, 1.82) is 0 Å². The molecule has 0 unspecified atom stereocenters. The summed E-state index contributed by atoms with van der Waals surface area (Å²) in [6.07, 6.45) is 6.14. The number of aromatic nitrogens is 4.